The van der Waals surface area contributed by atoms with Crippen LogP contribution >= 0.6 is 0 Å². The molecule has 0 aliphatic heterocycles. The monoisotopic (exact) mass is 233 g/mol. The van der Waals surface area contributed by atoms with E-state index in [1.54, 1.807) is 0 Å². The average Bonchev–Trinajstić information content (AvgIpc) is 2.88. The number of hydrogen-bond donors (Lipinski definition) is 1. The van der Waals surface area contributed by atoms with Gasteiger partial charge in [0.25, 0.3) is 0 Å². The van der Waals surface area contributed by atoms with E-state index < -0.39 is 0 Å². The number of imidazole rings is 1. The van der Waals surface area contributed by atoms with Crippen LogP contribution in [0.25, 0.3) is 0 Å². The predicted octanol–water partition coefficient (Wildman–Crippen LogP) is 2.21. The highest BCUT2D eigenvalue weighted by atomic mass is 16.3. The second-order valence-electron chi connectivity index (χ2n) is 4.22. The molecule has 0 amide bonds. The summed E-state index contributed by atoms with van der Waals surface area (Å²) in [6, 6.07) is 4.22. The standard InChI is InChI=1S/C13H19N3O/c1-4-14-11(12-6-5-10(2)17-12)9-13-15-7-8-16(13)3/h5-8,11,14H,4,9H2,1-3H3. The fraction of sp³-hybridized carbons (Fsp3) is 0.462. The summed E-state index contributed by atoms with van der Waals surface area (Å²) in [5, 5.41) is 3.43. The van der Waals surface area contributed by atoms with Gasteiger partial charge >= 0.3 is 0 Å². The van der Waals surface area contributed by atoms with E-state index in [4.69, 9.17) is 4.42 Å². The zero-order valence-electron chi connectivity index (χ0n) is 10.6. The van der Waals surface area contributed by atoms with Crippen molar-refractivity contribution in [3.8, 4) is 0 Å². The van der Waals surface area contributed by atoms with Crippen LogP contribution in [0.5, 0.6) is 0 Å². The van der Waals surface area contributed by atoms with Crippen molar-refractivity contribution in [2.24, 2.45) is 7.05 Å². The molecule has 2 aromatic heterocycles. The first-order chi connectivity index (χ1) is 8.20. The van der Waals surface area contributed by atoms with Crippen LogP contribution in [0.3, 0.4) is 0 Å². The Labute approximate surface area is 102 Å². The van der Waals surface area contributed by atoms with Gasteiger partial charge in [0.05, 0.1) is 6.04 Å². The van der Waals surface area contributed by atoms with Crippen molar-refractivity contribution in [2.45, 2.75) is 26.3 Å². The Morgan fingerprint density at radius 1 is 1.47 bits per heavy atom. The Balaban J connectivity index is 2.15. The molecule has 92 valence electrons. The molecule has 0 saturated carbocycles. The lowest BCUT2D eigenvalue weighted by molar-refractivity contribution is 0.397. The normalized spacial score (nSPS) is 12.9. The maximum absolute atomic E-state index is 5.69. The third-order valence-corrected chi connectivity index (χ3v) is 2.86. The molecule has 0 radical (unpaired) electrons. The number of aryl methyl sites for hydroxylation is 2. The van der Waals surface area contributed by atoms with Gasteiger partial charge in [-0.15, -0.1) is 0 Å². The summed E-state index contributed by atoms with van der Waals surface area (Å²) in [7, 11) is 2.01. The minimum absolute atomic E-state index is 0.190. The Morgan fingerprint density at radius 2 is 2.29 bits per heavy atom. The van der Waals surface area contributed by atoms with Crippen LogP contribution in [0.2, 0.25) is 0 Å². The van der Waals surface area contributed by atoms with Gasteiger partial charge in [-0.2, -0.15) is 0 Å². The van der Waals surface area contributed by atoms with Crippen molar-refractivity contribution in [3.63, 3.8) is 0 Å². The van der Waals surface area contributed by atoms with Gasteiger partial charge < -0.3 is 14.3 Å². The van der Waals surface area contributed by atoms with E-state index >= 15 is 0 Å². The fourth-order valence-corrected chi connectivity index (χ4v) is 1.94. The number of likely N-dealkylation sites (N-methyl/N-ethyl adjacent to an activating group) is 1. The van der Waals surface area contributed by atoms with Crippen molar-refractivity contribution in [1.82, 2.24) is 14.9 Å². The van der Waals surface area contributed by atoms with E-state index in [-0.39, 0.29) is 6.04 Å². The van der Waals surface area contributed by atoms with Crippen molar-refractivity contribution >= 4 is 0 Å². The number of aromatic nitrogens is 2. The smallest absolute Gasteiger partial charge is 0.121 e. The highest BCUT2D eigenvalue weighted by molar-refractivity contribution is 5.12. The molecule has 0 aliphatic rings. The van der Waals surface area contributed by atoms with Crippen LogP contribution in [-0.4, -0.2) is 16.1 Å². The molecule has 2 rings (SSSR count). The van der Waals surface area contributed by atoms with Gasteiger partial charge in [0.1, 0.15) is 17.3 Å². The van der Waals surface area contributed by atoms with Crippen LogP contribution in [0.15, 0.2) is 28.9 Å². The molecule has 4 nitrogen and oxygen atoms in total. The second kappa shape index (κ2) is 5.19. The van der Waals surface area contributed by atoms with Crippen LogP contribution in [0, 0.1) is 6.92 Å². The lowest BCUT2D eigenvalue weighted by atomic mass is 10.1. The lowest BCUT2D eigenvalue weighted by Crippen LogP contribution is -2.23. The van der Waals surface area contributed by atoms with Crippen molar-refractivity contribution in [2.75, 3.05) is 6.54 Å². The first-order valence-electron chi connectivity index (χ1n) is 5.96. The average molecular weight is 233 g/mol. The topological polar surface area (TPSA) is 43.0 Å². The van der Waals surface area contributed by atoms with Gasteiger partial charge in [0, 0.05) is 25.9 Å². The summed E-state index contributed by atoms with van der Waals surface area (Å²) in [6.45, 7) is 4.98. The zero-order valence-corrected chi connectivity index (χ0v) is 10.6. The van der Waals surface area contributed by atoms with Gasteiger partial charge in [0.15, 0.2) is 0 Å². The quantitative estimate of drug-likeness (QED) is 0.861. The Morgan fingerprint density at radius 3 is 2.82 bits per heavy atom. The highest BCUT2D eigenvalue weighted by Gasteiger charge is 2.16. The molecule has 1 atom stereocenters. The molecule has 4 heteroatoms. The minimum atomic E-state index is 0.190. The van der Waals surface area contributed by atoms with Crippen molar-refractivity contribution in [3.05, 3.63) is 41.9 Å². The Kier molecular flexibility index (Phi) is 3.64. The molecule has 1 N–H and O–H groups in total. The molecule has 0 bridgehead atoms. The van der Waals surface area contributed by atoms with E-state index in [1.165, 1.54) is 0 Å². The molecule has 2 heterocycles. The molecule has 0 fully saturated rings. The van der Waals surface area contributed by atoms with E-state index in [0.29, 0.717) is 0 Å². The Bertz CT molecular complexity index is 472. The summed E-state index contributed by atoms with van der Waals surface area (Å²) in [4.78, 5) is 4.35. The maximum Gasteiger partial charge on any atom is 0.121 e. The summed E-state index contributed by atoms with van der Waals surface area (Å²) < 4.78 is 7.73. The molecule has 0 aromatic carbocycles. The largest absolute Gasteiger partial charge is 0.465 e. The number of nitrogens with zero attached hydrogens (tertiary/aromatic N) is 2. The molecule has 1 unspecified atom stereocenters. The van der Waals surface area contributed by atoms with Gasteiger partial charge in [-0.25, -0.2) is 4.98 Å². The third-order valence-electron chi connectivity index (χ3n) is 2.86. The summed E-state index contributed by atoms with van der Waals surface area (Å²) in [5.41, 5.74) is 0. The lowest BCUT2D eigenvalue weighted by Gasteiger charge is -2.15. The van der Waals surface area contributed by atoms with Crippen LogP contribution in [0.4, 0.5) is 0 Å². The van der Waals surface area contributed by atoms with Gasteiger partial charge in [-0.05, 0) is 25.6 Å². The van der Waals surface area contributed by atoms with Gasteiger partial charge in [-0.3, -0.25) is 0 Å². The van der Waals surface area contributed by atoms with Crippen LogP contribution in [-0.2, 0) is 13.5 Å². The number of hydrogen-bond acceptors (Lipinski definition) is 3. The summed E-state index contributed by atoms with van der Waals surface area (Å²) in [5.74, 6) is 2.99. The molecule has 17 heavy (non-hydrogen) atoms. The van der Waals surface area contributed by atoms with E-state index in [0.717, 1.165) is 30.3 Å². The van der Waals surface area contributed by atoms with E-state index in [9.17, 15) is 0 Å². The van der Waals surface area contributed by atoms with Crippen molar-refractivity contribution < 1.29 is 4.42 Å². The fourth-order valence-electron chi connectivity index (χ4n) is 1.94. The van der Waals surface area contributed by atoms with Crippen molar-refractivity contribution in [1.29, 1.82) is 0 Å². The molecular weight excluding hydrogens is 214 g/mol. The van der Waals surface area contributed by atoms with Gasteiger partial charge in [0.2, 0.25) is 0 Å². The number of rotatable bonds is 5. The molecular formula is C13H19N3O. The SMILES string of the molecule is CCNC(Cc1nccn1C)c1ccc(C)o1. The third kappa shape index (κ3) is 2.77. The molecule has 2 aromatic rings. The molecule has 0 saturated heterocycles. The van der Waals surface area contributed by atoms with Gasteiger partial charge in [-0.1, -0.05) is 6.92 Å². The molecule has 0 aliphatic carbocycles. The summed E-state index contributed by atoms with van der Waals surface area (Å²) >= 11 is 0. The zero-order chi connectivity index (χ0) is 12.3. The Hall–Kier alpha value is -1.55. The maximum atomic E-state index is 5.69. The number of nitrogens with one attached hydrogen (secondary N) is 1. The second-order valence-corrected chi connectivity index (χ2v) is 4.22. The van der Waals surface area contributed by atoms with E-state index in [2.05, 4.69) is 17.2 Å². The minimum Gasteiger partial charge on any atom is -0.465 e. The van der Waals surface area contributed by atoms with E-state index in [1.807, 2.05) is 43.1 Å². The first kappa shape index (κ1) is 11.9. The predicted molar refractivity (Wildman–Crippen MR) is 66.8 cm³/mol. The van der Waals surface area contributed by atoms with Crippen LogP contribution in [0.1, 0.15) is 30.3 Å². The van der Waals surface area contributed by atoms with Crippen LogP contribution < -0.4 is 5.32 Å². The first-order valence-corrected chi connectivity index (χ1v) is 5.96. The highest BCUT2D eigenvalue weighted by Crippen LogP contribution is 2.19. The summed E-state index contributed by atoms with van der Waals surface area (Å²) in [6.07, 6.45) is 4.63. The number of furan rings is 1. The molecule has 0 spiro atoms.